The summed E-state index contributed by atoms with van der Waals surface area (Å²) in [7, 11) is -2.56. The number of nitrogens with one attached hydrogen (secondary N) is 1. The van der Waals surface area contributed by atoms with Gasteiger partial charge in [-0.3, -0.25) is 9.78 Å². The molecule has 0 bridgehead atoms. The van der Waals surface area contributed by atoms with Gasteiger partial charge in [0.15, 0.2) is 0 Å². The molecule has 0 aliphatic carbocycles. The molecule has 4 aromatic rings. The van der Waals surface area contributed by atoms with Gasteiger partial charge in [-0.25, -0.2) is 0 Å². The van der Waals surface area contributed by atoms with Crippen LogP contribution >= 0.6 is 0 Å². The number of aromatic amines is 1. The van der Waals surface area contributed by atoms with Crippen LogP contribution in [-0.2, 0) is 0 Å². The highest BCUT2D eigenvalue weighted by atomic mass is 16.5. The normalized spacial score (nSPS) is 13.2. The Bertz CT molecular complexity index is 1230. The molecule has 0 saturated heterocycles. The summed E-state index contributed by atoms with van der Waals surface area (Å²) >= 11 is 0. The lowest BCUT2D eigenvalue weighted by atomic mass is 10.0. The molecule has 0 saturated carbocycles. The van der Waals surface area contributed by atoms with Crippen molar-refractivity contribution in [1.82, 2.24) is 20.1 Å². The second kappa shape index (κ2) is 5.86. The van der Waals surface area contributed by atoms with E-state index in [0.717, 1.165) is 0 Å². The molecule has 0 radical (unpaired) electrons. The highest BCUT2D eigenvalue weighted by Gasteiger charge is 2.14. The first kappa shape index (κ1) is 12.0. The molecule has 1 N–H and O–H groups in total. The lowest BCUT2D eigenvalue weighted by molar-refractivity contribution is 0.394. The number of aromatic nitrogens is 4. The smallest absolute Gasteiger partial charge is 0.259 e. The molecule has 0 unspecified atom stereocenters. The molecular weight excluding hydrogens is 320 g/mol. The minimum Gasteiger partial charge on any atom is -0.497 e. The van der Waals surface area contributed by atoms with E-state index in [1.165, 1.54) is 0 Å². The van der Waals surface area contributed by atoms with Gasteiger partial charge in [0.2, 0.25) is 11.7 Å². The van der Waals surface area contributed by atoms with Crippen LogP contribution in [0.15, 0.2) is 51.9 Å². The van der Waals surface area contributed by atoms with Crippen LogP contribution in [0.3, 0.4) is 0 Å². The van der Waals surface area contributed by atoms with E-state index in [1.807, 2.05) is 0 Å². The highest BCUT2D eigenvalue weighted by molar-refractivity contribution is 5.94. The number of fused-ring (bicyclic) bond motifs is 1. The first-order chi connectivity index (χ1) is 13.3. The molecule has 0 atom stereocenters. The topological polar surface area (TPSA) is 93.9 Å². The molecule has 7 nitrogen and oxygen atoms in total. The van der Waals surface area contributed by atoms with Crippen LogP contribution in [0.25, 0.3) is 33.5 Å². The average Bonchev–Trinajstić information content (AvgIpc) is 3.05. The number of rotatable bonds is 3. The van der Waals surface area contributed by atoms with Crippen LogP contribution in [0, 0.1) is 6.92 Å². The molecule has 1 aromatic carbocycles. The molecule has 4 rings (SSSR count). The summed E-state index contributed by atoms with van der Waals surface area (Å²) < 4.78 is 31.7. The zero-order valence-corrected chi connectivity index (χ0v) is 13.1. The summed E-state index contributed by atoms with van der Waals surface area (Å²) in [5, 5.41) is 4.45. The summed E-state index contributed by atoms with van der Waals surface area (Å²) in [6, 6.07) is 9.89. The van der Waals surface area contributed by atoms with Gasteiger partial charge in [0.1, 0.15) is 5.75 Å². The van der Waals surface area contributed by atoms with Gasteiger partial charge in [0.05, 0.1) is 27.9 Å². The Kier molecular flexibility index (Phi) is 2.81. The zero-order chi connectivity index (χ0) is 19.9. The van der Waals surface area contributed by atoms with Crippen molar-refractivity contribution in [1.29, 1.82) is 0 Å². The zero-order valence-electron chi connectivity index (χ0n) is 16.1. The molecule has 0 aliphatic rings. The van der Waals surface area contributed by atoms with E-state index in [4.69, 9.17) is 13.4 Å². The molecule has 3 heterocycles. The number of hydrogen-bond acceptors (Lipinski definition) is 6. The predicted molar refractivity (Wildman–Crippen MR) is 92.4 cm³/mol. The van der Waals surface area contributed by atoms with Crippen molar-refractivity contribution < 1.29 is 13.4 Å². The monoisotopic (exact) mass is 337 g/mol. The number of pyridine rings is 2. The summed E-state index contributed by atoms with van der Waals surface area (Å²) in [6.45, 7) is 1.63. The lowest BCUT2D eigenvalue weighted by Gasteiger charge is -2.08. The van der Waals surface area contributed by atoms with E-state index in [0.29, 0.717) is 28.1 Å². The standard InChI is InChI=1S/C18H14N4O3/c1-10-20-17(22-25-10)14-9-13-15(21-18(14)23)6-7-19-16(13)11-4-3-5-12(8-11)24-2/h3-9H,1-2H3,(H,21,23)/i2D3. The maximum absolute atomic E-state index is 12.4. The fourth-order valence-electron chi connectivity index (χ4n) is 2.64. The van der Waals surface area contributed by atoms with Crippen LogP contribution in [0.4, 0.5) is 0 Å². The van der Waals surface area contributed by atoms with Crippen LogP contribution in [-0.4, -0.2) is 27.1 Å². The SMILES string of the molecule is [2H]C([2H])([2H])Oc1cccc(-c2nccc3[nH]c(=O)c(-c4noc(C)n4)cc23)c1. The Morgan fingerprint density at radius 3 is 3.00 bits per heavy atom. The lowest BCUT2D eigenvalue weighted by Crippen LogP contribution is -2.10. The maximum Gasteiger partial charge on any atom is 0.259 e. The Labute approximate surface area is 146 Å². The Morgan fingerprint density at radius 1 is 1.28 bits per heavy atom. The van der Waals surface area contributed by atoms with Crippen molar-refractivity contribution in [3.8, 4) is 28.4 Å². The van der Waals surface area contributed by atoms with Crippen molar-refractivity contribution in [3.63, 3.8) is 0 Å². The fraction of sp³-hybridized carbons (Fsp3) is 0.111. The number of H-pyrrole nitrogens is 1. The van der Waals surface area contributed by atoms with E-state index in [2.05, 4.69) is 20.1 Å². The predicted octanol–water partition coefficient (Wildman–Crippen LogP) is 2.96. The van der Waals surface area contributed by atoms with Crippen molar-refractivity contribution >= 4 is 10.9 Å². The van der Waals surface area contributed by atoms with Gasteiger partial charge in [-0.15, -0.1) is 0 Å². The first-order valence-electron chi connectivity index (χ1n) is 8.92. The number of methoxy groups -OCH3 is 1. The summed E-state index contributed by atoms with van der Waals surface area (Å²) in [6.07, 6.45) is 1.56. The second-order valence-corrected chi connectivity index (χ2v) is 5.40. The van der Waals surface area contributed by atoms with E-state index < -0.39 is 7.04 Å². The Hall–Kier alpha value is -3.48. The largest absolute Gasteiger partial charge is 0.497 e. The number of nitrogens with zero attached hydrogens (tertiary/aromatic N) is 3. The van der Waals surface area contributed by atoms with Gasteiger partial charge in [-0.2, -0.15) is 4.98 Å². The highest BCUT2D eigenvalue weighted by Crippen LogP contribution is 2.29. The van der Waals surface area contributed by atoms with E-state index in [9.17, 15) is 4.79 Å². The molecule has 0 fully saturated rings. The van der Waals surface area contributed by atoms with Crippen LogP contribution in [0.5, 0.6) is 5.75 Å². The minimum atomic E-state index is -2.56. The van der Waals surface area contributed by atoms with E-state index >= 15 is 0 Å². The third-order valence-electron chi connectivity index (χ3n) is 3.77. The molecule has 0 spiro atoms. The molecule has 124 valence electrons. The number of ether oxygens (including phenoxy) is 1. The van der Waals surface area contributed by atoms with E-state index in [1.54, 1.807) is 49.5 Å². The van der Waals surface area contributed by atoms with Crippen LogP contribution in [0.2, 0.25) is 0 Å². The number of hydrogen-bond donors (Lipinski definition) is 1. The Morgan fingerprint density at radius 2 is 2.20 bits per heavy atom. The molecular formula is C18H14N4O3. The molecule has 3 aromatic heterocycles. The van der Waals surface area contributed by atoms with Gasteiger partial charge in [0, 0.05) is 24.1 Å². The average molecular weight is 337 g/mol. The molecule has 0 aliphatic heterocycles. The quantitative estimate of drug-likeness (QED) is 0.618. The molecule has 0 amide bonds. The van der Waals surface area contributed by atoms with Crippen LogP contribution in [0.1, 0.15) is 10.0 Å². The van der Waals surface area contributed by atoms with Crippen molar-refractivity contribution in [3.05, 3.63) is 58.8 Å². The molecule has 25 heavy (non-hydrogen) atoms. The number of aryl methyl sites for hydroxylation is 1. The fourth-order valence-corrected chi connectivity index (χ4v) is 2.64. The minimum absolute atomic E-state index is 0.176. The molecule has 7 heteroatoms. The summed E-state index contributed by atoms with van der Waals surface area (Å²) in [4.78, 5) is 23.7. The third-order valence-corrected chi connectivity index (χ3v) is 3.77. The van der Waals surface area contributed by atoms with Crippen molar-refractivity contribution in [2.75, 3.05) is 7.04 Å². The Balaban J connectivity index is 1.88. The second-order valence-electron chi connectivity index (χ2n) is 5.40. The van der Waals surface area contributed by atoms with Crippen molar-refractivity contribution in [2.24, 2.45) is 0 Å². The van der Waals surface area contributed by atoms with Gasteiger partial charge >= 0.3 is 0 Å². The third kappa shape index (κ3) is 2.65. The maximum atomic E-state index is 12.4. The van der Waals surface area contributed by atoms with Gasteiger partial charge in [-0.05, 0) is 24.3 Å². The first-order valence-corrected chi connectivity index (χ1v) is 7.42. The van der Waals surface area contributed by atoms with E-state index in [-0.39, 0.29) is 22.7 Å². The summed E-state index contributed by atoms with van der Waals surface area (Å²) in [5.41, 5.74) is 1.64. The van der Waals surface area contributed by atoms with Gasteiger partial charge in [0.25, 0.3) is 5.56 Å². The van der Waals surface area contributed by atoms with Gasteiger partial charge < -0.3 is 14.2 Å². The number of benzene rings is 1. The summed E-state index contributed by atoms with van der Waals surface area (Å²) in [5.74, 6) is 0.708. The van der Waals surface area contributed by atoms with Crippen LogP contribution < -0.4 is 10.3 Å². The van der Waals surface area contributed by atoms with Gasteiger partial charge in [-0.1, -0.05) is 17.3 Å². The van der Waals surface area contributed by atoms with Crippen molar-refractivity contribution in [2.45, 2.75) is 6.92 Å².